The van der Waals surface area contributed by atoms with Gasteiger partial charge in [0.05, 0.1) is 0 Å². The minimum atomic E-state index is -0.248. The van der Waals surface area contributed by atoms with E-state index in [2.05, 4.69) is 5.32 Å². The fourth-order valence-corrected chi connectivity index (χ4v) is 1.53. The molecule has 0 bridgehead atoms. The van der Waals surface area contributed by atoms with Gasteiger partial charge in [0.2, 0.25) is 5.91 Å². The highest BCUT2D eigenvalue weighted by atomic mass is 16.2. The summed E-state index contributed by atoms with van der Waals surface area (Å²) < 4.78 is 0. The van der Waals surface area contributed by atoms with Crippen molar-refractivity contribution in [3.63, 3.8) is 0 Å². The normalized spacial score (nSPS) is 12.0. The number of hydrogen-bond donors (Lipinski definition) is 2. The van der Waals surface area contributed by atoms with E-state index in [0.29, 0.717) is 6.54 Å². The lowest BCUT2D eigenvalue weighted by Crippen LogP contribution is -2.38. The Morgan fingerprint density at radius 3 is 2.71 bits per heavy atom. The van der Waals surface area contributed by atoms with Crippen molar-refractivity contribution in [2.75, 3.05) is 24.6 Å². The van der Waals surface area contributed by atoms with Crippen LogP contribution in [0, 0.1) is 6.92 Å². The molecule has 17 heavy (non-hydrogen) atoms. The van der Waals surface area contributed by atoms with Crippen molar-refractivity contribution in [3.05, 3.63) is 23.8 Å². The van der Waals surface area contributed by atoms with Crippen LogP contribution in [-0.4, -0.2) is 30.4 Å². The molecule has 0 aliphatic rings. The molecule has 4 heteroatoms. The van der Waals surface area contributed by atoms with Crippen molar-refractivity contribution >= 4 is 17.3 Å². The fourth-order valence-electron chi connectivity index (χ4n) is 1.53. The first-order valence-corrected chi connectivity index (χ1v) is 5.83. The average Bonchev–Trinajstić information content (AvgIpc) is 2.31. The van der Waals surface area contributed by atoms with Crippen molar-refractivity contribution in [2.24, 2.45) is 0 Å². The van der Waals surface area contributed by atoms with Gasteiger partial charge >= 0.3 is 0 Å². The lowest BCUT2D eigenvalue weighted by Gasteiger charge is -2.21. The molecular weight excluding hydrogens is 214 g/mol. The molecule has 1 rings (SSSR count). The first-order chi connectivity index (χ1) is 7.95. The van der Waals surface area contributed by atoms with Crippen molar-refractivity contribution < 1.29 is 4.79 Å². The van der Waals surface area contributed by atoms with Crippen molar-refractivity contribution in [3.8, 4) is 0 Å². The first kappa shape index (κ1) is 13.4. The molecule has 0 radical (unpaired) electrons. The molecule has 0 saturated carbocycles. The average molecular weight is 235 g/mol. The van der Waals surface area contributed by atoms with Gasteiger partial charge in [-0.2, -0.15) is 0 Å². The molecule has 0 aromatic heterocycles. The number of hydrogen-bond acceptors (Lipinski definition) is 3. The standard InChI is InChI=1S/C13H21N3O/c1-5-16(4)13(17)10(3)15-11-7-6-9(2)12(14)8-11/h6-8,10,15H,5,14H2,1-4H3. The second-order valence-corrected chi connectivity index (χ2v) is 4.29. The summed E-state index contributed by atoms with van der Waals surface area (Å²) in [6.07, 6.45) is 0. The number of aryl methyl sites for hydroxylation is 1. The van der Waals surface area contributed by atoms with E-state index < -0.39 is 0 Å². The van der Waals surface area contributed by atoms with Gasteiger partial charge < -0.3 is 16.0 Å². The molecule has 1 atom stereocenters. The lowest BCUT2D eigenvalue weighted by atomic mass is 10.1. The molecular formula is C13H21N3O. The van der Waals surface area contributed by atoms with E-state index in [1.807, 2.05) is 39.0 Å². The quantitative estimate of drug-likeness (QED) is 0.783. The molecule has 0 saturated heterocycles. The Bertz CT molecular complexity index is 404. The molecule has 0 fully saturated rings. The van der Waals surface area contributed by atoms with Crippen molar-refractivity contribution in [2.45, 2.75) is 26.8 Å². The Hall–Kier alpha value is -1.71. The summed E-state index contributed by atoms with van der Waals surface area (Å²) in [6.45, 7) is 6.47. The van der Waals surface area contributed by atoms with Gasteiger partial charge in [-0.1, -0.05) is 6.07 Å². The van der Waals surface area contributed by atoms with Gasteiger partial charge in [-0.25, -0.2) is 0 Å². The number of anilines is 2. The number of nitrogen functional groups attached to an aromatic ring is 1. The van der Waals surface area contributed by atoms with Crippen LogP contribution in [0.15, 0.2) is 18.2 Å². The van der Waals surface area contributed by atoms with Gasteiger partial charge in [0.1, 0.15) is 6.04 Å². The molecule has 1 amide bonds. The zero-order valence-electron chi connectivity index (χ0n) is 10.9. The van der Waals surface area contributed by atoms with Crippen LogP contribution >= 0.6 is 0 Å². The second kappa shape index (κ2) is 5.57. The van der Waals surface area contributed by atoms with Crippen molar-refractivity contribution in [1.82, 2.24) is 4.90 Å². The summed E-state index contributed by atoms with van der Waals surface area (Å²) in [5.74, 6) is 0.0756. The molecule has 94 valence electrons. The smallest absolute Gasteiger partial charge is 0.244 e. The highest BCUT2D eigenvalue weighted by Gasteiger charge is 2.15. The summed E-state index contributed by atoms with van der Waals surface area (Å²) in [6, 6.07) is 5.48. The zero-order valence-corrected chi connectivity index (χ0v) is 10.9. The van der Waals surface area contributed by atoms with E-state index in [1.54, 1.807) is 11.9 Å². The third kappa shape index (κ3) is 3.37. The molecule has 1 unspecified atom stereocenters. The number of carbonyl (C=O) groups is 1. The summed E-state index contributed by atoms with van der Waals surface area (Å²) >= 11 is 0. The van der Waals surface area contributed by atoms with Crippen LogP contribution in [0.25, 0.3) is 0 Å². The third-order valence-corrected chi connectivity index (χ3v) is 2.88. The molecule has 1 aromatic rings. The maximum absolute atomic E-state index is 11.9. The maximum Gasteiger partial charge on any atom is 0.244 e. The second-order valence-electron chi connectivity index (χ2n) is 4.29. The van der Waals surface area contributed by atoms with Gasteiger partial charge in [-0.3, -0.25) is 4.79 Å². The highest BCUT2D eigenvalue weighted by Crippen LogP contribution is 2.17. The number of nitrogens with two attached hydrogens (primary N) is 1. The number of likely N-dealkylation sites (N-methyl/N-ethyl adjacent to an activating group) is 1. The van der Waals surface area contributed by atoms with E-state index >= 15 is 0 Å². The SMILES string of the molecule is CCN(C)C(=O)C(C)Nc1ccc(C)c(N)c1. The summed E-state index contributed by atoms with van der Waals surface area (Å²) in [5.41, 5.74) is 8.47. The van der Waals surface area contributed by atoms with Crippen LogP contribution in [0.5, 0.6) is 0 Å². The van der Waals surface area contributed by atoms with E-state index in [4.69, 9.17) is 5.73 Å². The first-order valence-electron chi connectivity index (χ1n) is 5.83. The number of benzene rings is 1. The van der Waals surface area contributed by atoms with Gasteiger partial charge in [0, 0.05) is 25.0 Å². The van der Waals surface area contributed by atoms with E-state index in [1.165, 1.54) is 0 Å². The van der Waals surface area contributed by atoms with Crippen LogP contribution in [0.1, 0.15) is 19.4 Å². The summed E-state index contributed by atoms with van der Waals surface area (Å²) in [4.78, 5) is 13.6. The topological polar surface area (TPSA) is 58.4 Å². The van der Waals surface area contributed by atoms with Gasteiger partial charge in [-0.05, 0) is 38.5 Å². The molecule has 0 spiro atoms. The fraction of sp³-hybridized carbons (Fsp3) is 0.462. The molecule has 0 aliphatic heterocycles. The Morgan fingerprint density at radius 1 is 1.53 bits per heavy atom. The lowest BCUT2D eigenvalue weighted by molar-refractivity contribution is -0.130. The number of nitrogens with zero attached hydrogens (tertiary/aromatic N) is 1. The Morgan fingerprint density at radius 2 is 2.18 bits per heavy atom. The summed E-state index contributed by atoms with van der Waals surface area (Å²) in [5, 5.41) is 3.15. The van der Waals surface area contributed by atoms with Gasteiger partial charge in [-0.15, -0.1) is 0 Å². The third-order valence-electron chi connectivity index (χ3n) is 2.88. The number of nitrogens with one attached hydrogen (secondary N) is 1. The number of rotatable bonds is 4. The number of amides is 1. The maximum atomic E-state index is 11.9. The van der Waals surface area contributed by atoms with E-state index in [-0.39, 0.29) is 11.9 Å². The van der Waals surface area contributed by atoms with Crippen LogP contribution in [0.2, 0.25) is 0 Å². The van der Waals surface area contributed by atoms with Crippen LogP contribution in [0.4, 0.5) is 11.4 Å². The Kier molecular flexibility index (Phi) is 4.37. The molecule has 0 heterocycles. The largest absolute Gasteiger partial charge is 0.398 e. The predicted molar refractivity (Wildman–Crippen MR) is 72.0 cm³/mol. The Balaban J connectivity index is 2.71. The van der Waals surface area contributed by atoms with E-state index in [9.17, 15) is 4.79 Å². The van der Waals surface area contributed by atoms with Crippen LogP contribution < -0.4 is 11.1 Å². The van der Waals surface area contributed by atoms with Gasteiger partial charge in [0.15, 0.2) is 0 Å². The highest BCUT2D eigenvalue weighted by molar-refractivity contribution is 5.84. The molecule has 1 aromatic carbocycles. The van der Waals surface area contributed by atoms with Crippen LogP contribution in [-0.2, 0) is 4.79 Å². The minimum Gasteiger partial charge on any atom is -0.398 e. The van der Waals surface area contributed by atoms with E-state index in [0.717, 1.165) is 16.9 Å². The molecule has 4 nitrogen and oxygen atoms in total. The predicted octanol–water partition coefficient (Wildman–Crippen LogP) is 1.86. The summed E-state index contributed by atoms with van der Waals surface area (Å²) in [7, 11) is 1.80. The van der Waals surface area contributed by atoms with Crippen LogP contribution in [0.3, 0.4) is 0 Å². The van der Waals surface area contributed by atoms with Gasteiger partial charge in [0.25, 0.3) is 0 Å². The minimum absolute atomic E-state index is 0.0756. The Labute approximate surface area is 103 Å². The molecule has 0 aliphatic carbocycles. The monoisotopic (exact) mass is 235 g/mol. The zero-order chi connectivity index (χ0) is 13.0. The number of carbonyl (C=O) groups excluding carboxylic acids is 1. The van der Waals surface area contributed by atoms with Crippen molar-refractivity contribution in [1.29, 1.82) is 0 Å². The molecule has 3 N–H and O–H groups in total.